The molecule has 100 valence electrons. The van der Waals surface area contributed by atoms with Crippen molar-refractivity contribution in [2.24, 2.45) is 0 Å². The van der Waals surface area contributed by atoms with Crippen molar-refractivity contribution < 1.29 is 33.0 Å². The summed E-state index contributed by atoms with van der Waals surface area (Å²) in [6.07, 6.45) is -0.321. The van der Waals surface area contributed by atoms with Gasteiger partial charge in [-0.2, -0.15) is 13.2 Å². The van der Waals surface area contributed by atoms with Gasteiger partial charge in [0.1, 0.15) is 0 Å². The van der Waals surface area contributed by atoms with Crippen molar-refractivity contribution in [1.82, 2.24) is 5.32 Å². The highest BCUT2D eigenvalue weighted by Crippen LogP contribution is 2.16. The van der Waals surface area contributed by atoms with Crippen LogP contribution in [0.4, 0.5) is 18.0 Å². The average molecular weight is 257 g/mol. The first-order valence-electron chi connectivity index (χ1n) is 5.03. The number of carboxylic acid groups (broad SMARTS) is 2. The minimum atomic E-state index is -5.08. The third kappa shape index (κ3) is 8.35. The summed E-state index contributed by atoms with van der Waals surface area (Å²) in [6.45, 7) is 0. The number of rotatable bonds is 1. The number of aliphatic carboxylic acids is 1. The molecule has 0 aromatic rings. The van der Waals surface area contributed by atoms with Gasteiger partial charge in [0, 0.05) is 6.04 Å². The quantitative estimate of drug-likeness (QED) is 0.672. The normalized spacial score (nSPS) is 16.6. The number of hydrogen-bond acceptors (Lipinski definition) is 2. The molecule has 1 amide bonds. The number of carboxylic acids is 1. The molecule has 0 radical (unpaired) electrons. The van der Waals surface area contributed by atoms with E-state index < -0.39 is 18.2 Å². The number of halogens is 3. The lowest BCUT2D eigenvalue weighted by Gasteiger charge is -2.20. The molecule has 1 aliphatic rings. The molecule has 0 spiro atoms. The third-order valence-corrected chi connectivity index (χ3v) is 2.18. The van der Waals surface area contributed by atoms with E-state index in [1.807, 2.05) is 0 Å². The third-order valence-electron chi connectivity index (χ3n) is 2.18. The molecule has 0 aliphatic heterocycles. The van der Waals surface area contributed by atoms with E-state index in [0.29, 0.717) is 0 Å². The minimum absolute atomic E-state index is 0.228. The van der Waals surface area contributed by atoms with E-state index in [1.54, 1.807) is 0 Å². The van der Waals surface area contributed by atoms with Crippen LogP contribution in [-0.2, 0) is 4.79 Å². The van der Waals surface area contributed by atoms with Gasteiger partial charge in [-0.15, -0.1) is 0 Å². The molecule has 0 aromatic carbocycles. The van der Waals surface area contributed by atoms with Crippen molar-refractivity contribution in [3.8, 4) is 0 Å². The smallest absolute Gasteiger partial charge is 0.475 e. The van der Waals surface area contributed by atoms with Gasteiger partial charge in [-0.05, 0) is 12.8 Å². The fourth-order valence-corrected chi connectivity index (χ4v) is 1.42. The maximum Gasteiger partial charge on any atom is 0.490 e. The molecule has 0 atom stereocenters. The predicted octanol–water partition coefficient (Wildman–Crippen LogP) is 2.22. The number of carbonyl (C=O) groups is 2. The molecule has 0 aromatic heterocycles. The van der Waals surface area contributed by atoms with Crippen LogP contribution in [0.2, 0.25) is 0 Å². The second-order valence-electron chi connectivity index (χ2n) is 3.59. The summed E-state index contributed by atoms with van der Waals surface area (Å²) in [7, 11) is 0. The summed E-state index contributed by atoms with van der Waals surface area (Å²) in [6, 6.07) is 0.228. The predicted molar refractivity (Wildman–Crippen MR) is 51.7 cm³/mol. The Balaban J connectivity index is 0.000000325. The lowest BCUT2D eigenvalue weighted by Crippen LogP contribution is -2.34. The Morgan fingerprint density at radius 1 is 1.06 bits per heavy atom. The van der Waals surface area contributed by atoms with E-state index in [9.17, 15) is 18.0 Å². The summed E-state index contributed by atoms with van der Waals surface area (Å²) >= 11 is 0. The van der Waals surface area contributed by atoms with Gasteiger partial charge < -0.3 is 15.5 Å². The monoisotopic (exact) mass is 257 g/mol. The van der Waals surface area contributed by atoms with Gasteiger partial charge >= 0.3 is 18.2 Å². The Bertz CT molecular complexity index is 261. The van der Waals surface area contributed by atoms with Gasteiger partial charge in [-0.25, -0.2) is 9.59 Å². The van der Waals surface area contributed by atoms with Crippen molar-refractivity contribution in [2.75, 3.05) is 0 Å². The molecular formula is C9H14F3NO4. The number of alkyl halides is 3. The van der Waals surface area contributed by atoms with Crippen LogP contribution in [0.5, 0.6) is 0 Å². The summed E-state index contributed by atoms with van der Waals surface area (Å²) in [5.41, 5.74) is 0. The Morgan fingerprint density at radius 3 is 1.76 bits per heavy atom. The zero-order valence-electron chi connectivity index (χ0n) is 8.96. The molecule has 1 saturated carbocycles. The molecule has 0 unspecified atom stereocenters. The molecule has 1 aliphatic carbocycles. The van der Waals surface area contributed by atoms with Gasteiger partial charge in [0.2, 0.25) is 0 Å². The number of hydrogen-bond donors (Lipinski definition) is 3. The van der Waals surface area contributed by atoms with Crippen molar-refractivity contribution in [3.63, 3.8) is 0 Å². The van der Waals surface area contributed by atoms with Crippen molar-refractivity contribution in [1.29, 1.82) is 0 Å². The molecule has 17 heavy (non-hydrogen) atoms. The van der Waals surface area contributed by atoms with Crippen molar-refractivity contribution >= 4 is 12.1 Å². The average Bonchev–Trinajstić information content (AvgIpc) is 2.17. The van der Waals surface area contributed by atoms with Gasteiger partial charge in [0.25, 0.3) is 0 Å². The highest BCUT2D eigenvalue weighted by Gasteiger charge is 2.38. The first-order chi connectivity index (χ1) is 7.73. The fraction of sp³-hybridized carbons (Fsp3) is 0.778. The molecule has 8 heteroatoms. The van der Waals surface area contributed by atoms with Gasteiger partial charge in [-0.3, -0.25) is 0 Å². The van der Waals surface area contributed by atoms with Gasteiger partial charge in [0.15, 0.2) is 0 Å². The summed E-state index contributed by atoms with van der Waals surface area (Å²) in [4.78, 5) is 19.1. The van der Waals surface area contributed by atoms with Crippen LogP contribution in [0.25, 0.3) is 0 Å². The Morgan fingerprint density at radius 2 is 1.47 bits per heavy atom. The SMILES string of the molecule is O=C(O)C(F)(F)F.O=C(O)NC1CCCCC1. The Labute approximate surface area is 95.6 Å². The zero-order chi connectivity index (χ0) is 13.5. The highest BCUT2D eigenvalue weighted by molar-refractivity contribution is 5.73. The molecule has 3 N–H and O–H groups in total. The van der Waals surface area contributed by atoms with E-state index in [2.05, 4.69) is 5.32 Å². The van der Waals surface area contributed by atoms with E-state index in [4.69, 9.17) is 15.0 Å². The lowest BCUT2D eigenvalue weighted by molar-refractivity contribution is -0.192. The second kappa shape index (κ2) is 6.97. The topological polar surface area (TPSA) is 86.6 Å². The number of nitrogens with one attached hydrogen (secondary N) is 1. The highest BCUT2D eigenvalue weighted by atomic mass is 19.4. The van der Waals surface area contributed by atoms with Crippen molar-refractivity contribution in [2.45, 2.75) is 44.3 Å². The molecule has 0 saturated heterocycles. The van der Waals surface area contributed by atoms with Crippen LogP contribution in [-0.4, -0.2) is 34.5 Å². The fourth-order valence-electron chi connectivity index (χ4n) is 1.42. The standard InChI is InChI=1S/C7H13NO2.C2HF3O2/c9-7(10)8-6-4-2-1-3-5-6;3-2(4,5)1(6)7/h6,8H,1-5H2,(H,9,10);(H,6,7). The molecule has 0 heterocycles. The largest absolute Gasteiger partial charge is 0.490 e. The molecule has 0 bridgehead atoms. The van der Waals surface area contributed by atoms with Crippen LogP contribution in [0.15, 0.2) is 0 Å². The maximum absolute atomic E-state index is 10.6. The second-order valence-corrected chi connectivity index (χ2v) is 3.59. The summed E-state index contributed by atoms with van der Waals surface area (Å²) in [5.74, 6) is -2.76. The van der Waals surface area contributed by atoms with Crippen LogP contribution in [0.1, 0.15) is 32.1 Å². The van der Waals surface area contributed by atoms with E-state index >= 15 is 0 Å². The van der Waals surface area contributed by atoms with Crippen LogP contribution in [0.3, 0.4) is 0 Å². The Kier molecular flexibility index (Phi) is 6.37. The van der Waals surface area contributed by atoms with Crippen LogP contribution >= 0.6 is 0 Å². The summed E-state index contributed by atoms with van der Waals surface area (Å²) in [5, 5.41) is 18.0. The lowest BCUT2D eigenvalue weighted by atomic mass is 9.96. The zero-order valence-corrected chi connectivity index (χ0v) is 8.96. The molecule has 1 rings (SSSR count). The van der Waals surface area contributed by atoms with Crippen LogP contribution in [0, 0.1) is 0 Å². The first-order valence-corrected chi connectivity index (χ1v) is 5.03. The van der Waals surface area contributed by atoms with E-state index in [-0.39, 0.29) is 6.04 Å². The van der Waals surface area contributed by atoms with E-state index in [1.165, 1.54) is 19.3 Å². The van der Waals surface area contributed by atoms with E-state index in [0.717, 1.165) is 12.8 Å². The van der Waals surface area contributed by atoms with Gasteiger partial charge in [0.05, 0.1) is 0 Å². The molecule has 5 nitrogen and oxygen atoms in total. The van der Waals surface area contributed by atoms with Crippen LogP contribution < -0.4 is 5.32 Å². The first kappa shape index (κ1) is 15.5. The molecular weight excluding hydrogens is 243 g/mol. The Hall–Kier alpha value is -1.47. The minimum Gasteiger partial charge on any atom is -0.475 e. The van der Waals surface area contributed by atoms with Gasteiger partial charge in [-0.1, -0.05) is 19.3 Å². The number of amides is 1. The maximum atomic E-state index is 10.6. The summed E-state index contributed by atoms with van der Waals surface area (Å²) < 4.78 is 31.7. The molecule has 1 fully saturated rings. The van der Waals surface area contributed by atoms with Crippen molar-refractivity contribution in [3.05, 3.63) is 0 Å².